The van der Waals surface area contributed by atoms with E-state index in [1.165, 1.54) is 12.3 Å². The number of carbonyl (C=O) groups is 1. The molecular weight excluding hydrogens is 397 g/mol. The molecular formula is C20H17F3N6O. The number of nitrogens with one attached hydrogen (secondary N) is 2. The number of aromatic nitrogens is 3. The number of carbonyl (C=O) groups excluding carboxylic acids is 1. The third-order valence-corrected chi connectivity index (χ3v) is 4.42. The molecule has 1 saturated heterocycles. The molecule has 0 spiro atoms. The van der Waals surface area contributed by atoms with E-state index in [1.54, 1.807) is 41.3 Å². The molecule has 3 aromatic rings. The van der Waals surface area contributed by atoms with Crippen LogP contribution in [-0.2, 0) is 6.18 Å². The number of anilines is 3. The lowest BCUT2D eigenvalue weighted by atomic mass is 10.2. The smallest absolute Gasteiger partial charge is 0.340 e. The standard InChI is InChI=1S/C20H17F3N6O/c21-20(22,23)16-12-17(28-18(27-16)15-7-1-2-8-24-15)26-13-5-3-6-14(11-13)29-10-4-9-25-19(29)30/h1-3,5-8,11-12H,4,9-10H2,(H,25,30)(H,26,27,28). The number of nitrogens with zero attached hydrogens (tertiary/aromatic N) is 4. The second kappa shape index (κ2) is 7.97. The van der Waals surface area contributed by atoms with Crippen LogP contribution < -0.4 is 15.5 Å². The van der Waals surface area contributed by atoms with Crippen LogP contribution in [0.3, 0.4) is 0 Å². The summed E-state index contributed by atoms with van der Waals surface area (Å²) >= 11 is 0. The predicted molar refractivity (Wildman–Crippen MR) is 105 cm³/mol. The van der Waals surface area contributed by atoms with Crippen molar-refractivity contribution >= 4 is 23.2 Å². The number of hydrogen-bond donors (Lipinski definition) is 2. The van der Waals surface area contributed by atoms with E-state index < -0.39 is 11.9 Å². The number of alkyl halides is 3. The highest BCUT2D eigenvalue weighted by atomic mass is 19.4. The Kier molecular flexibility index (Phi) is 5.21. The van der Waals surface area contributed by atoms with Gasteiger partial charge in [-0.3, -0.25) is 9.88 Å². The Morgan fingerprint density at radius 3 is 2.67 bits per heavy atom. The molecule has 2 aromatic heterocycles. The molecule has 0 bridgehead atoms. The summed E-state index contributed by atoms with van der Waals surface area (Å²) in [5.74, 6) is -0.169. The zero-order chi connectivity index (χ0) is 21.1. The van der Waals surface area contributed by atoms with Gasteiger partial charge in [0.05, 0.1) is 0 Å². The summed E-state index contributed by atoms with van der Waals surface area (Å²) in [7, 11) is 0. The third-order valence-electron chi connectivity index (χ3n) is 4.42. The number of urea groups is 1. The topological polar surface area (TPSA) is 83.0 Å². The van der Waals surface area contributed by atoms with Crippen molar-refractivity contribution in [1.82, 2.24) is 20.3 Å². The van der Waals surface area contributed by atoms with Gasteiger partial charge in [0.15, 0.2) is 11.5 Å². The molecule has 0 aliphatic carbocycles. The van der Waals surface area contributed by atoms with Gasteiger partial charge in [-0.15, -0.1) is 0 Å². The Bertz CT molecular complexity index is 1060. The average molecular weight is 414 g/mol. The van der Waals surface area contributed by atoms with Crippen molar-refractivity contribution in [3.05, 3.63) is 60.4 Å². The predicted octanol–water partition coefficient (Wildman–Crippen LogP) is 4.22. The molecule has 2 amide bonds. The van der Waals surface area contributed by atoms with Crippen LogP contribution in [0.5, 0.6) is 0 Å². The van der Waals surface area contributed by atoms with E-state index in [1.807, 2.05) is 0 Å². The maximum atomic E-state index is 13.4. The summed E-state index contributed by atoms with van der Waals surface area (Å²) in [6.07, 6.45) is -2.38. The highest BCUT2D eigenvalue weighted by Crippen LogP contribution is 2.31. The van der Waals surface area contributed by atoms with Crippen LogP contribution in [0.4, 0.5) is 35.2 Å². The molecule has 0 saturated carbocycles. The highest BCUT2D eigenvalue weighted by molar-refractivity contribution is 5.93. The molecule has 0 unspecified atom stereocenters. The van der Waals surface area contributed by atoms with E-state index in [2.05, 4.69) is 25.6 Å². The third kappa shape index (κ3) is 4.32. The lowest BCUT2D eigenvalue weighted by Crippen LogP contribution is -2.46. The number of halogens is 3. The van der Waals surface area contributed by atoms with Crippen LogP contribution in [0.15, 0.2) is 54.7 Å². The molecule has 1 fully saturated rings. The van der Waals surface area contributed by atoms with Gasteiger partial charge >= 0.3 is 12.2 Å². The first kappa shape index (κ1) is 19.6. The number of amides is 2. The van der Waals surface area contributed by atoms with Crippen LogP contribution in [0, 0.1) is 0 Å². The van der Waals surface area contributed by atoms with Crippen molar-refractivity contribution in [3.8, 4) is 11.5 Å². The van der Waals surface area contributed by atoms with Gasteiger partial charge in [0.2, 0.25) is 0 Å². The van der Waals surface area contributed by atoms with Gasteiger partial charge in [0.1, 0.15) is 11.5 Å². The second-order valence-corrected chi connectivity index (χ2v) is 6.59. The van der Waals surface area contributed by atoms with E-state index in [9.17, 15) is 18.0 Å². The van der Waals surface area contributed by atoms with E-state index in [4.69, 9.17) is 0 Å². The molecule has 0 atom stereocenters. The van der Waals surface area contributed by atoms with Crippen molar-refractivity contribution in [1.29, 1.82) is 0 Å². The van der Waals surface area contributed by atoms with Gasteiger partial charge in [-0.1, -0.05) is 12.1 Å². The molecule has 2 N–H and O–H groups in total. The SMILES string of the molecule is O=C1NCCCN1c1cccc(Nc2cc(C(F)(F)F)nc(-c3ccccn3)n2)c1. The summed E-state index contributed by atoms with van der Waals surface area (Å²) in [6.45, 7) is 1.18. The van der Waals surface area contributed by atoms with E-state index in [-0.39, 0.29) is 23.4 Å². The van der Waals surface area contributed by atoms with E-state index in [0.717, 1.165) is 12.5 Å². The van der Waals surface area contributed by atoms with Crippen LogP contribution in [0.2, 0.25) is 0 Å². The fourth-order valence-corrected chi connectivity index (χ4v) is 3.04. The zero-order valence-corrected chi connectivity index (χ0v) is 15.6. The molecule has 0 radical (unpaired) electrons. The Labute approximate surface area is 170 Å². The van der Waals surface area contributed by atoms with Crippen molar-refractivity contribution < 1.29 is 18.0 Å². The molecule has 30 heavy (non-hydrogen) atoms. The number of pyridine rings is 1. The summed E-state index contributed by atoms with van der Waals surface area (Å²) in [5, 5.41) is 5.65. The van der Waals surface area contributed by atoms with Crippen LogP contribution in [-0.4, -0.2) is 34.1 Å². The quantitative estimate of drug-likeness (QED) is 0.668. The fraction of sp³-hybridized carbons (Fsp3) is 0.200. The van der Waals surface area contributed by atoms with Gasteiger partial charge in [0.25, 0.3) is 0 Å². The van der Waals surface area contributed by atoms with Crippen molar-refractivity contribution in [3.63, 3.8) is 0 Å². The Balaban J connectivity index is 1.67. The van der Waals surface area contributed by atoms with Gasteiger partial charge in [-0.2, -0.15) is 13.2 Å². The first-order valence-electron chi connectivity index (χ1n) is 9.20. The molecule has 7 nitrogen and oxygen atoms in total. The lowest BCUT2D eigenvalue weighted by molar-refractivity contribution is -0.141. The number of benzene rings is 1. The highest BCUT2D eigenvalue weighted by Gasteiger charge is 2.34. The van der Waals surface area contributed by atoms with E-state index >= 15 is 0 Å². The van der Waals surface area contributed by atoms with Crippen LogP contribution in [0.25, 0.3) is 11.5 Å². The first-order valence-corrected chi connectivity index (χ1v) is 9.20. The molecule has 3 heterocycles. The molecule has 154 valence electrons. The largest absolute Gasteiger partial charge is 0.433 e. The summed E-state index contributed by atoms with van der Waals surface area (Å²) < 4.78 is 40.1. The average Bonchev–Trinajstić information content (AvgIpc) is 2.74. The normalized spacial score (nSPS) is 14.4. The lowest BCUT2D eigenvalue weighted by Gasteiger charge is -2.27. The van der Waals surface area contributed by atoms with Crippen molar-refractivity contribution in [2.45, 2.75) is 12.6 Å². The summed E-state index contributed by atoms with van der Waals surface area (Å²) in [6, 6.07) is 12.3. The second-order valence-electron chi connectivity index (χ2n) is 6.59. The zero-order valence-electron chi connectivity index (χ0n) is 15.6. The Hall–Kier alpha value is -3.69. The number of hydrogen-bond acceptors (Lipinski definition) is 5. The van der Waals surface area contributed by atoms with Crippen molar-refractivity contribution in [2.75, 3.05) is 23.3 Å². The minimum absolute atomic E-state index is 0.0294. The monoisotopic (exact) mass is 414 g/mol. The minimum atomic E-state index is -4.64. The maximum Gasteiger partial charge on any atom is 0.433 e. The van der Waals surface area contributed by atoms with Crippen molar-refractivity contribution in [2.24, 2.45) is 0 Å². The molecule has 10 heteroatoms. The molecule has 1 aliphatic rings. The van der Waals surface area contributed by atoms with Crippen LogP contribution in [0.1, 0.15) is 12.1 Å². The molecule has 1 aromatic carbocycles. The van der Waals surface area contributed by atoms with E-state index in [0.29, 0.717) is 24.5 Å². The van der Waals surface area contributed by atoms with Gasteiger partial charge < -0.3 is 10.6 Å². The van der Waals surface area contributed by atoms with Gasteiger partial charge in [-0.05, 0) is 36.8 Å². The summed E-state index contributed by atoms with van der Waals surface area (Å²) in [4.78, 5) is 25.5. The van der Waals surface area contributed by atoms with Gasteiger partial charge in [0, 0.05) is 36.7 Å². The molecule has 4 rings (SSSR count). The number of rotatable bonds is 4. The fourth-order valence-electron chi connectivity index (χ4n) is 3.04. The Morgan fingerprint density at radius 1 is 1.07 bits per heavy atom. The maximum absolute atomic E-state index is 13.4. The van der Waals surface area contributed by atoms with Gasteiger partial charge in [-0.25, -0.2) is 14.8 Å². The minimum Gasteiger partial charge on any atom is -0.340 e. The van der Waals surface area contributed by atoms with Crippen LogP contribution >= 0.6 is 0 Å². The Morgan fingerprint density at radius 2 is 1.93 bits per heavy atom. The first-order chi connectivity index (χ1) is 14.4. The summed E-state index contributed by atoms with van der Waals surface area (Å²) in [5.41, 5.74) is 0.273. The molecule has 1 aliphatic heterocycles.